The number of azide groups is 1. The van der Waals surface area contributed by atoms with Crippen LogP contribution < -0.4 is 11.2 Å². The topological polar surface area (TPSA) is 99.2 Å². The lowest BCUT2D eigenvalue weighted by Gasteiger charge is -2.04. The zero-order chi connectivity index (χ0) is 12.7. The van der Waals surface area contributed by atoms with E-state index in [4.69, 9.17) is 11.3 Å². The number of rotatable bonds is 4. The highest BCUT2D eigenvalue weighted by Crippen LogP contribution is 2.05. The van der Waals surface area contributed by atoms with Crippen LogP contribution in [0.15, 0.2) is 34.5 Å². The van der Waals surface area contributed by atoms with Crippen molar-refractivity contribution in [3.05, 3.63) is 45.8 Å². The standard InChI is InChI=1S/C10H12N6S/c1-7-2-4-8(5-3-7)9(6-13-16-12)14-15-10(11)17/h2-5H,6H2,1H3,(H3,11,15,17)/b14-9+. The van der Waals surface area contributed by atoms with Crippen LogP contribution in [0.3, 0.4) is 0 Å². The summed E-state index contributed by atoms with van der Waals surface area (Å²) in [5, 5.41) is 7.54. The number of nitrogens with zero attached hydrogens (tertiary/aromatic N) is 4. The minimum Gasteiger partial charge on any atom is -0.375 e. The summed E-state index contributed by atoms with van der Waals surface area (Å²) < 4.78 is 0. The van der Waals surface area contributed by atoms with Gasteiger partial charge in [0.2, 0.25) is 0 Å². The first-order chi connectivity index (χ1) is 8.13. The van der Waals surface area contributed by atoms with E-state index in [-0.39, 0.29) is 11.7 Å². The maximum Gasteiger partial charge on any atom is 0.184 e. The molecule has 1 rings (SSSR count). The van der Waals surface area contributed by atoms with Gasteiger partial charge in [-0.3, -0.25) is 5.43 Å². The minimum absolute atomic E-state index is 0.0653. The number of nitrogens with two attached hydrogens (primary N) is 1. The molecule has 0 fully saturated rings. The maximum atomic E-state index is 8.32. The fourth-order valence-electron chi connectivity index (χ4n) is 1.16. The number of hydrogen-bond donors (Lipinski definition) is 2. The molecule has 0 aliphatic carbocycles. The molecule has 7 heteroatoms. The number of benzene rings is 1. The Morgan fingerprint density at radius 1 is 1.47 bits per heavy atom. The van der Waals surface area contributed by atoms with Crippen LogP contribution >= 0.6 is 12.2 Å². The Labute approximate surface area is 104 Å². The van der Waals surface area contributed by atoms with Crippen LogP contribution in [0.4, 0.5) is 0 Å². The fraction of sp³-hybridized carbons (Fsp3) is 0.200. The summed E-state index contributed by atoms with van der Waals surface area (Å²) in [4.78, 5) is 2.70. The van der Waals surface area contributed by atoms with E-state index in [1.807, 2.05) is 31.2 Å². The highest BCUT2D eigenvalue weighted by Gasteiger charge is 2.02. The average molecular weight is 248 g/mol. The van der Waals surface area contributed by atoms with Crippen LogP contribution in [-0.2, 0) is 0 Å². The van der Waals surface area contributed by atoms with Crippen molar-refractivity contribution >= 4 is 23.0 Å². The van der Waals surface area contributed by atoms with Gasteiger partial charge in [0, 0.05) is 4.91 Å². The van der Waals surface area contributed by atoms with Crippen molar-refractivity contribution in [2.24, 2.45) is 15.9 Å². The summed E-state index contributed by atoms with van der Waals surface area (Å²) >= 11 is 4.65. The third kappa shape index (κ3) is 4.50. The minimum atomic E-state index is 0.0653. The first-order valence-corrected chi connectivity index (χ1v) is 5.24. The van der Waals surface area contributed by atoms with E-state index < -0.39 is 0 Å². The van der Waals surface area contributed by atoms with Gasteiger partial charge in [0.15, 0.2) is 5.11 Å². The summed E-state index contributed by atoms with van der Waals surface area (Å²) in [6.07, 6.45) is 0. The molecule has 0 spiro atoms. The Bertz CT molecular complexity index is 472. The Kier molecular flexibility index (Phi) is 4.93. The van der Waals surface area contributed by atoms with Gasteiger partial charge in [0.1, 0.15) is 0 Å². The smallest absolute Gasteiger partial charge is 0.184 e. The molecule has 0 aliphatic rings. The van der Waals surface area contributed by atoms with Crippen LogP contribution in [-0.4, -0.2) is 17.4 Å². The van der Waals surface area contributed by atoms with E-state index in [2.05, 4.69) is 32.8 Å². The lowest BCUT2D eigenvalue weighted by Crippen LogP contribution is -2.26. The van der Waals surface area contributed by atoms with Gasteiger partial charge in [-0.25, -0.2) is 0 Å². The first-order valence-electron chi connectivity index (χ1n) is 4.83. The molecule has 1 aromatic rings. The average Bonchev–Trinajstić information content (AvgIpc) is 2.30. The molecular formula is C10H12N6S. The van der Waals surface area contributed by atoms with Gasteiger partial charge in [0.25, 0.3) is 0 Å². The van der Waals surface area contributed by atoms with Crippen molar-refractivity contribution < 1.29 is 0 Å². The number of aryl methyl sites for hydroxylation is 1. The number of thiocarbonyl (C=S) groups is 1. The summed E-state index contributed by atoms with van der Waals surface area (Å²) in [5.41, 5.74) is 18.6. The van der Waals surface area contributed by atoms with Crippen molar-refractivity contribution in [3.8, 4) is 0 Å². The van der Waals surface area contributed by atoms with E-state index in [0.717, 1.165) is 11.1 Å². The molecule has 1 aromatic carbocycles. The molecule has 0 saturated carbocycles. The third-order valence-corrected chi connectivity index (χ3v) is 2.06. The van der Waals surface area contributed by atoms with Gasteiger partial charge in [-0.1, -0.05) is 34.9 Å². The number of hydrogen-bond acceptors (Lipinski definition) is 3. The maximum absolute atomic E-state index is 8.32. The van der Waals surface area contributed by atoms with E-state index in [9.17, 15) is 0 Å². The van der Waals surface area contributed by atoms with Gasteiger partial charge in [0.05, 0.1) is 12.3 Å². The molecule has 88 valence electrons. The molecule has 0 saturated heterocycles. The lowest BCUT2D eigenvalue weighted by molar-refractivity contribution is 1.02. The SMILES string of the molecule is Cc1ccc(/C(CN=[N+]=[N-])=N/NC(N)=S)cc1. The fourth-order valence-corrected chi connectivity index (χ4v) is 1.20. The van der Waals surface area contributed by atoms with Crippen LogP contribution in [0.1, 0.15) is 11.1 Å². The van der Waals surface area contributed by atoms with Crippen molar-refractivity contribution in [2.45, 2.75) is 6.92 Å². The molecule has 0 atom stereocenters. The normalized spacial score (nSPS) is 10.5. The zero-order valence-electron chi connectivity index (χ0n) is 9.29. The van der Waals surface area contributed by atoms with E-state index in [1.165, 1.54) is 0 Å². The van der Waals surface area contributed by atoms with Crippen molar-refractivity contribution in [3.63, 3.8) is 0 Å². The Balaban J connectivity index is 2.96. The zero-order valence-corrected chi connectivity index (χ0v) is 10.1. The lowest BCUT2D eigenvalue weighted by atomic mass is 10.1. The predicted molar refractivity (Wildman–Crippen MR) is 71.7 cm³/mol. The predicted octanol–water partition coefficient (Wildman–Crippen LogP) is 1.84. The molecule has 17 heavy (non-hydrogen) atoms. The molecule has 0 aromatic heterocycles. The van der Waals surface area contributed by atoms with Crippen molar-refractivity contribution in [2.75, 3.05) is 6.54 Å². The molecule has 0 bridgehead atoms. The Hall–Kier alpha value is -2.11. The third-order valence-electron chi connectivity index (χ3n) is 1.97. The van der Waals surface area contributed by atoms with Crippen LogP contribution in [0.5, 0.6) is 0 Å². The second-order valence-electron chi connectivity index (χ2n) is 3.29. The molecule has 0 aliphatic heterocycles. The van der Waals surface area contributed by atoms with Crippen LogP contribution in [0.25, 0.3) is 10.4 Å². The molecule has 0 radical (unpaired) electrons. The summed E-state index contributed by atoms with van der Waals surface area (Å²) in [7, 11) is 0. The Morgan fingerprint density at radius 2 is 2.12 bits per heavy atom. The van der Waals surface area contributed by atoms with Gasteiger partial charge < -0.3 is 5.73 Å². The number of nitrogens with one attached hydrogen (secondary N) is 1. The van der Waals surface area contributed by atoms with Gasteiger partial charge >= 0.3 is 0 Å². The molecule has 0 amide bonds. The Morgan fingerprint density at radius 3 is 2.65 bits per heavy atom. The second kappa shape index (κ2) is 6.47. The van der Waals surface area contributed by atoms with E-state index in [1.54, 1.807) is 0 Å². The number of hydrazone groups is 1. The van der Waals surface area contributed by atoms with E-state index >= 15 is 0 Å². The first kappa shape index (κ1) is 13.0. The van der Waals surface area contributed by atoms with Crippen LogP contribution in [0.2, 0.25) is 0 Å². The highest BCUT2D eigenvalue weighted by atomic mass is 32.1. The van der Waals surface area contributed by atoms with Crippen molar-refractivity contribution in [1.82, 2.24) is 5.43 Å². The quantitative estimate of drug-likeness (QED) is 0.212. The molecule has 3 N–H and O–H groups in total. The summed E-state index contributed by atoms with van der Waals surface area (Å²) in [5.74, 6) is 0. The molecule has 6 nitrogen and oxygen atoms in total. The molecule has 0 unspecified atom stereocenters. The summed E-state index contributed by atoms with van der Waals surface area (Å²) in [6, 6.07) is 7.67. The highest BCUT2D eigenvalue weighted by molar-refractivity contribution is 7.80. The second-order valence-corrected chi connectivity index (χ2v) is 3.73. The van der Waals surface area contributed by atoms with Crippen molar-refractivity contribution in [1.29, 1.82) is 0 Å². The largest absolute Gasteiger partial charge is 0.375 e. The summed E-state index contributed by atoms with van der Waals surface area (Å²) in [6.45, 7) is 2.12. The van der Waals surface area contributed by atoms with Gasteiger partial charge in [-0.2, -0.15) is 5.10 Å². The van der Waals surface area contributed by atoms with Gasteiger partial charge in [-0.15, -0.1) is 0 Å². The van der Waals surface area contributed by atoms with E-state index in [0.29, 0.717) is 5.71 Å². The molecule has 0 heterocycles. The van der Waals surface area contributed by atoms with Crippen LogP contribution in [0, 0.1) is 6.92 Å². The monoisotopic (exact) mass is 248 g/mol. The van der Waals surface area contributed by atoms with Gasteiger partial charge in [-0.05, 0) is 30.2 Å². The molecular weight excluding hydrogens is 236 g/mol.